The highest BCUT2D eigenvalue weighted by Gasteiger charge is 2.16. The second-order valence-electron chi connectivity index (χ2n) is 5.61. The largest absolute Gasteiger partial charge is 0.310 e. The Hall–Kier alpha value is -0.410. The van der Waals surface area contributed by atoms with Crippen LogP contribution in [0.3, 0.4) is 0 Å². The third-order valence-electron chi connectivity index (χ3n) is 3.00. The third-order valence-corrected chi connectivity index (χ3v) is 3.97. The van der Waals surface area contributed by atoms with Gasteiger partial charge in [-0.25, -0.2) is 4.98 Å². The van der Waals surface area contributed by atoms with Crippen molar-refractivity contribution in [1.29, 1.82) is 0 Å². The maximum Gasteiger partial charge on any atom is 0.107 e. The van der Waals surface area contributed by atoms with E-state index in [1.54, 1.807) is 11.3 Å². The minimum Gasteiger partial charge on any atom is -0.310 e. The van der Waals surface area contributed by atoms with Crippen LogP contribution < -0.4 is 5.32 Å². The monoisotopic (exact) mass is 254 g/mol. The second kappa shape index (κ2) is 7.12. The lowest BCUT2D eigenvalue weighted by atomic mass is 9.87. The number of nitrogens with one attached hydrogen (secondary N) is 1. The first-order valence-electron chi connectivity index (χ1n) is 6.65. The van der Waals surface area contributed by atoms with Gasteiger partial charge in [0.1, 0.15) is 5.01 Å². The van der Waals surface area contributed by atoms with E-state index >= 15 is 0 Å². The van der Waals surface area contributed by atoms with Crippen molar-refractivity contribution in [3.8, 4) is 0 Å². The van der Waals surface area contributed by atoms with E-state index in [1.165, 1.54) is 30.7 Å². The number of nitrogens with zero attached hydrogens (tertiary/aromatic N) is 1. The molecule has 0 unspecified atom stereocenters. The van der Waals surface area contributed by atoms with Crippen LogP contribution in [0, 0.1) is 12.3 Å². The maximum atomic E-state index is 4.46. The summed E-state index contributed by atoms with van der Waals surface area (Å²) < 4.78 is 0. The molecule has 0 aliphatic rings. The summed E-state index contributed by atoms with van der Waals surface area (Å²) in [6.07, 6.45) is 5.32. The predicted molar refractivity (Wildman–Crippen MR) is 76.5 cm³/mol. The van der Waals surface area contributed by atoms with Crippen LogP contribution in [0.5, 0.6) is 0 Å². The van der Waals surface area contributed by atoms with E-state index in [0.29, 0.717) is 5.41 Å². The molecule has 0 radical (unpaired) electrons. The fraction of sp³-hybridized carbons (Fsp3) is 0.786. The SMILES string of the molecule is CCCCCC(C)(C)CNCc1nc(C)cs1. The molecular weight excluding hydrogens is 228 g/mol. The van der Waals surface area contributed by atoms with Crippen LogP contribution in [0.4, 0.5) is 0 Å². The van der Waals surface area contributed by atoms with Gasteiger partial charge in [0.15, 0.2) is 0 Å². The topological polar surface area (TPSA) is 24.9 Å². The Morgan fingerprint density at radius 3 is 2.71 bits per heavy atom. The zero-order valence-corrected chi connectivity index (χ0v) is 12.5. The van der Waals surface area contributed by atoms with E-state index in [-0.39, 0.29) is 0 Å². The van der Waals surface area contributed by atoms with Crippen molar-refractivity contribution in [3.05, 3.63) is 16.1 Å². The highest BCUT2D eigenvalue weighted by molar-refractivity contribution is 7.09. The van der Waals surface area contributed by atoms with Crippen LogP contribution >= 0.6 is 11.3 Å². The molecule has 0 saturated heterocycles. The Labute approximate surface area is 110 Å². The Balaban J connectivity index is 2.20. The quantitative estimate of drug-likeness (QED) is 0.705. The molecule has 3 heteroatoms. The van der Waals surface area contributed by atoms with E-state index in [2.05, 4.69) is 43.4 Å². The van der Waals surface area contributed by atoms with Crippen LogP contribution in [-0.2, 0) is 6.54 Å². The summed E-state index contributed by atoms with van der Waals surface area (Å²) >= 11 is 1.75. The number of aryl methyl sites for hydroxylation is 1. The summed E-state index contributed by atoms with van der Waals surface area (Å²) in [6.45, 7) is 11.0. The van der Waals surface area contributed by atoms with E-state index in [0.717, 1.165) is 18.8 Å². The number of thiazole rings is 1. The van der Waals surface area contributed by atoms with Crippen molar-refractivity contribution in [2.75, 3.05) is 6.54 Å². The minimum atomic E-state index is 0.404. The molecule has 1 heterocycles. The first kappa shape index (κ1) is 14.7. The maximum absolute atomic E-state index is 4.46. The van der Waals surface area contributed by atoms with Gasteiger partial charge in [-0.1, -0.05) is 40.0 Å². The highest BCUT2D eigenvalue weighted by atomic mass is 32.1. The van der Waals surface area contributed by atoms with Gasteiger partial charge in [-0.2, -0.15) is 0 Å². The Bertz CT molecular complexity index is 318. The van der Waals surface area contributed by atoms with Crippen LogP contribution in [0.2, 0.25) is 0 Å². The molecule has 0 spiro atoms. The molecule has 17 heavy (non-hydrogen) atoms. The lowest BCUT2D eigenvalue weighted by Gasteiger charge is -2.24. The van der Waals surface area contributed by atoms with Crippen molar-refractivity contribution >= 4 is 11.3 Å². The second-order valence-corrected chi connectivity index (χ2v) is 6.55. The lowest BCUT2D eigenvalue weighted by molar-refractivity contribution is 0.302. The molecule has 0 bridgehead atoms. The van der Waals surface area contributed by atoms with Crippen LogP contribution in [0.1, 0.15) is 57.2 Å². The first-order valence-corrected chi connectivity index (χ1v) is 7.53. The van der Waals surface area contributed by atoms with Crippen molar-refractivity contribution in [2.24, 2.45) is 5.41 Å². The van der Waals surface area contributed by atoms with Gasteiger partial charge < -0.3 is 5.32 Å². The molecule has 1 aromatic heterocycles. The molecule has 1 aromatic rings. The zero-order valence-electron chi connectivity index (χ0n) is 11.7. The van der Waals surface area contributed by atoms with E-state index < -0.39 is 0 Å². The summed E-state index contributed by atoms with van der Waals surface area (Å²) in [6, 6.07) is 0. The summed E-state index contributed by atoms with van der Waals surface area (Å²) in [5.74, 6) is 0. The number of unbranched alkanes of at least 4 members (excludes halogenated alkanes) is 2. The van der Waals surface area contributed by atoms with E-state index in [9.17, 15) is 0 Å². The molecule has 0 saturated carbocycles. The lowest BCUT2D eigenvalue weighted by Crippen LogP contribution is -2.29. The van der Waals surface area contributed by atoms with Gasteiger partial charge in [-0.05, 0) is 18.8 Å². The minimum absolute atomic E-state index is 0.404. The van der Waals surface area contributed by atoms with Gasteiger partial charge >= 0.3 is 0 Å². The fourth-order valence-corrected chi connectivity index (χ4v) is 2.68. The molecule has 1 N–H and O–H groups in total. The zero-order chi connectivity index (χ0) is 12.7. The number of hydrogen-bond acceptors (Lipinski definition) is 3. The molecule has 2 nitrogen and oxygen atoms in total. The van der Waals surface area contributed by atoms with Crippen LogP contribution in [-0.4, -0.2) is 11.5 Å². The standard InChI is InChI=1S/C14H26N2S/c1-5-6-7-8-14(3,4)11-15-9-13-16-12(2)10-17-13/h10,15H,5-9,11H2,1-4H3. The molecule has 0 aromatic carbocycles. The van der Waals surface area contributed by atoms with Crippen molar-refractivity contribution in [3.63, 3.8) is 0 Å². The Morgan fingerprint density at radius 2 is 2.12 bits per heavy atom. The van der Waals surface area contributed by atoms with Gasteiger partial charge in [0, 0.05) is 24.2 Å². The summed E-state index contributed by atoms with van der Waals surface area (Å²) in [5.41, 5.74) is 1.54. The highest BCUT2D eigenvalue weighted by Crippen LogP contribution is 2.22. The van der Waals surface area contributed by atoms with Gasteiger partial charge in [0.05, 0.1) is 0 Å². The Kier molecular flexibility index (Phi) is 6.14. The molecule has 0 amide bonds. The molecule has 0 aliphatic heterocycles. The molecular formula is C14H26N2S. The van der Waals surface area contributed by atoms with Gasteiger partial charge in [-0.3, -0.25) is 0 Å². The molecule has 1 rings (SSSR count). The number of hydrogen-bond donors (Lipinski definition) is 1. The van der Waals surface area contributed by atoms with E-state index in [4.69, 9.17) is 0 Å². The van der Waals surface area contributed by atoms with Crippen molar-refractivity contribution < 1.29 is 0 Å². The molecule has 98 valence electrons. The summed E-state index contributed by atoms with van der Waals surface area (Å²) in [4.78, 5) is 4.46. The van der Waals surface area contributed by atoms with Gasteiger partial charge in [-0.15, -0.1) is 11.3 Å². The first-order chi connectivity index (χ1) is 8.03. The summed E-state index contributed by atoms with van der Waals surface area (Å²) in [7, 11) is 0. The van der Waals surface area contributed by atoms with E-state index in [1.807, 2.05) is 0 Å². The fourth-order valence-electron chi connectivity index (χ4n) is 1.93. The summed E-state index contributed by atoms with van der Waals surface area (Å²) in [5, 5.41) is 6.85. The predicted octanol–water partition coefficient (Wildman–Crippen LogP) is 4.15. The average Bonchev–Trinajstić information content (AvgIpc) is 2.64. The average molecular weight is 254 g/mol. The van der Waals surface area contributed by atoms with Gasteiger partial charge in [0.2, 0.25) is 0 Å². The van der Waals surface area contributed by atoms with Gasteiger partial charge in [0.25, 0.3) is 0 Å². The van der Waals surface area contributed by atoms with Crippen molar-refractivity contribution in [2.45, 2.75) is 59.9 Å². The molecule has 0 atom stereocenters. The molecule has 0 aliphatic carbocycles. The Morgan fingerprint density at radius 1 is 1.35 bits per heavy atom. The van der Waals surface area contributed by atoms with Crippen molar-refractivity contribution in [1.82, 2.24) is 10.3 Å². The number of aromatic nitrogens is 1. The normalized spacial score (nSPS) is 12.0. The molecule has 0 fully saturated rings. The van der Waals surface area contributed by atoms with Crippen LogP contribution in [0.25, 0.3) is 0 Å². The smallest absolute Gasteiger partial charge is 0.107 e. The number of rotatable bonds is 8. The third kappa shape index (κ3) is 6.18. The van der Waals surface area contributed by atoms with Crippen LogP contribution in [0.15, 0.2) is 5.38 Å².